The Hall–Kier alpha value is -3.40. The van der Waals surface area contributed by atoms with Crippen LogP contribution in [0.3, 0.4) is 0 Å². The number of amides is 3. The van der Waals surface area contributed by atoms with E-state index in [1.165, 1.54) is 4.90 Å². The van der Waals surface area contributed by atoms with E-state index in [1.54, 1.807) is 11.1 Å². The summed E-state index contributed by atoms with van der Waals surface area (Å²) in [6, 6.07) is 4.36. The third kappa shape index (κ3) is 5.49. The van der Waals surface area contributed by atoms with Crippen molar-refractivity contribution in [2.75, 3.05) is 13.1 Å². The number of para-hydroxylation sites is 1. The first kappa shape index (κ1) is 26.7. The van der Waals surface area contributed by atoms with Crippen LogP contribution in [0.25, 0.3) is 10.9 Å². The highest BCUT2D eigenvalue weighted by Crippen LogP contribution is 2.27. The van der Waals surface area contributed by atoms with Crippen LogP contribution in [0.5, 0.6) is 0 Å². The minimum Gasteiger partial charge on any atom is -0.480 e. The number of aromatic amines is 1. The Balaban J connectivity index is 1.45. The van der Waals surface area contributed by atoms with Crippen LogP contribution in [0.2, 0.25) is 0 Å². The van der Waals surface area contributed by atoms with Gasteiger partial charge in [-0.1, -0.05) is 38.5 Å². The number of nitrogens with zero attached hydrogens (tertiary/aromatic N) is 2. The first-order valence-corrected chi connectivity index (χ1v) is 13.2. The number of nitrogens with one attached hydrogen (secondary N) is 2. The Labute approximate surface area is 216 Å². The van der Waals surface area contributed by atoms with E-state index in [2.05, 4.69) is 10.3 Å². The van der Waals surface area contributed by atoms with Crippen molar-refractivity contribution in [3.8, 4) is 0 Å². The third-order valence-electron chi connectivity index (χ3n) is 7.92. The molecule has 200 valence electrons. The summed E-state index contributed by atoms with van der Waals surface area (Å²) in [6.45, 7) is 4.76. The van der Waals surface area contributed by atoms with Gasteiger partial charge in [0, 0.05) is 36.6 Å². The van der Waals surface area contributed by atoms with E-state index in [-0.39, 0.29) is 24.2 Å². The van der Waals surface area contributed by atoms with Gasteiger partial charge in [-0.3, -0.25) is 14.4 Å². The SMILES string of the molecule is CCC(C)C(N)C(=O)N1CCCC1C(=O)N1CCCC1C(=O)NC(Cc1c[nH]c2ccccc12)C(=O)O. The molecule has 4 rings (SSSR count). The summed E-state index contributed by atoms with van der Waals surface area (Å²) in [7, 11) is 0. The van der Waals surface area contributed by atoms with Crippen LogP contribution >= 0.6 is 0 Å². The van der Waals surface area contributed by atoms with Gasteiger partial charge in [0.05, 0.1) is 6.04 Å². The Bertz CT molecular complexity index is 1160. The topological polar surface area (TPSA) is 149 Å². The molecule has 2 aliphatic rings. The summed E-state index contributed by atoms with van der Waals surface area (Å²) in [5, 5.41) is 13.4. The molecule has 37 heavy (non-hydrogen) atoms. The maximum Gasteiger partial charge on any atom is 0.326 e. The fourth-order valence-corrected chi connectivity index (χ4v) is 5.46. The van der Waals surface area contributed by atoms with Gasteiger partial charge in [-0.05, 0) is 43.2 Å². The largest absolute Gasteiger partial charge is 0.480 e. The summed E-state index contributed by atoms with van der Waals surface area (Å²) in [5.41, 5.74) is 7.86. The number of carbonyl (C=O) groups excluding carboxylic acids is 3. The molecule has 5 unspecified atom stereocenters. The molecule has 5 N–H and O–H groups in total. The molecule has 5 atom stereocenters. The summed E-state index contributed by atoms with van der Waals surface area (Å²) in [6.07, 6.45) is 4.95. The van der Waals surface area contributed by atoms with Crippen molar-refractivity contribution in [3.05, 3.63) is 36.0 Å². The van der Waals surface area contributed by atoms with Gasteiger partial charge >= 0.3 is 5.97 Å². The van der Waals surface area contributed by atoms with Crippen LogP contribution in [0.4, 0.5) is 0 Å². The number of carboxylic acids is 1. The van der Waals surface area contributed by atoms with Crippen LogP contribution in [0.15, 0.2) is 30.5 Å². The average Bonchev–Trinajstić information content (AvgIpc) is 3.66. The van der Waals surface area contributed by atoms with Crippen molar-refractivity contribution < 1.29 is 24.3 Å². The van der Waals surface area contributed by atoms with E-state index in [0.29, 0.717) is 38.8 Å². The number of likely N-dealkylation sites (tertiary alicyclic amines) is 2. The van der Waals surface area contributed by atoms with E-state index >= 15 is 0 Å². The smallest absolute Gasteiger partial charge is 0.326 e. The van der Waals surface area contributed by atoms with E-state index < -0.39 is 36.0 Å². The molecule has 10 heteroatoms. The monoisotopic (exact) mass is 511 g/mol. The Morgan fingerprint density at radius 3 is 2.49 bits per heavy atom. The lowest BCUT2D eigenvalue weighted by Crippen LogP contribution is -2.57. The van der Waals surface area contributed by atoms with E-state index in [4.69, 9.17) is 5.73 Å². The maximum absolute atomic E-state index is 13.6. The fraction of sp³-hybridized carbons (Fsp3) is 0.556. The number of fused-ring (bicyclic) bond motifs is 1. The number of H-pyrrole nitrogens is 1. The molecule has 10 nitrogen and oxygen atoms in total. The first-order valence-electron chi connectivity index (χ1n) is 13.2. The second-order valence-corrected chi connectivity index (χ2v) is 10.3. The van der Waals surface area contributed by atoms with E-state index in [9.17, 15) is 24.3 Å². The standard InChI is InChI=1S/C27H37N5O5/c1-3-16(2)23(28)26(35)32-13-7-11-22(32)25(34)31-12-6-10-21(31)24(33)30-20(27(36)37)14-17-15-29-19-9-5-4-8-18(17)19/h4-5,8-9,15-16,20-23,29H,3,6-7,10-14,28H2,1-2H3,(H,30,33)(H,36,37). The summed E-state index contributed by atoms with van der Waals surface area (Å²) < 4.78 is 0. The van der Waals surface area contributed by atoms with Crippen LogP contribution in [-0.2, 0) is 25.6 Å². The molecule has 0 spiro atoms. The first-order chi connectivity index (χ1) is 17.7. The van der Waals surface area contributed by atoms with Crippen molar-refractivity contribution in [2.24, 2.45) is 11.7 Å². The van der Waals surface area contributed by atoms with Gasteiger partial charge in [0.15, 0.2) is 0 Å². The van der Waals surface area contributed by atoms with E-state index in [0.717, 1.165) is 22.9 Å². The Morgan fingerprint density at radius 2 is 1.78 bits per heavy atom. The number of carbonyl (C=O) groups is 4. The Kier molecular flexibility index (Phi) is 8.16. The van der Waals surface area contributed by atoms with Crippen molar-refractivity contribution in [1.29, 1.82) is 0 Å². The number of benzene rings is 1. The summed E-state index contributed by atoms with van der Waals surface area (Å²) in [5.74, 6) is -2.11. The molecule has 1 aromatic heterocycles. The lowest BCUT2D eigenvalue weighted by atomic mass is 9.98. The average molecular weight is 512 g/mol. The highest BCUT2D eigenvalue weighted by atomic mass is 16.4. The molecule has 0 saturated carbocycles. The number of aliphatic carboxylic acids is 1. The Morgan fingerprint density at radius 1 is 1.11 bits per heavy atom. The minimum absolute atomic E-state index is 0.000681. The van der Waals surface area contributed by atoms with Gasteiger partial charge in [-0.15, -0.1) is 0 Å². The molecular formula is C27H37N5O5. The molecule has 2 aliphatic heterocycles. The zero-order valence-electron chi connectivity index (χ0n) is 21.5. The van der Waals surface area contributed by atoms with Crippen LogP contribution in [0, 0.1) is 5.92 Å². The molecule has 0 aliphatic carbocycles. The molecule has 2 aromatic rings. The van der Waals surface area contributed by atoms with Crippen LogP contribution < -0.4 is 11.1 Å². The predicted octanol–water partition coefficient (Wildman–Crippen LogP) is 1.64. The van der Waals surface area contributed by atoms with Crippen LogP contribution in [-0.4, -0.2) is 80.8 Å². The molecule has 0 bridgehead atoms. The lowest BCUT2D eigenvalue weighted by Gasteiger charge is -2.33. The molecule has 1 aromatic carbocycles. The summed E-state index contributed by atoms with van der Waals surface area (Å²) in [4.78, 5) is 58.1. The zero-order chi connectivity index (χ0) is 26.7. The number of rotatable bonds is 9. The lowest BCUT2D eigenvalue weighted by molar-refractivity contribution is -0.148. The second kappa shape index (κ2) is 11.3. The third-order valence-corrected chi connectivity index (χ3v) is 7.92. The molecular weight excluding hydrogens is 474 g/mol. The molecule has 0 radical (unpaired) electrons. The number of hydrogen-bond acceptors (Lipinski definition) is 5. The quantitative estimate of drug-likeness (QED) is 0.402. The summed E-state index contributed by atoms with van der Waals surface area (Å²) >= 11 is 0. The second-order valence-electron chi connectivity index (χ2n) is 10.3. The van der Waals surface area contributed by atoms with Gasteiger partial charge in [0.2, 0.25) is 17.7 Å². The fourth-order valence-electron chi connectivity index (χ4n) is 5.46. The highest BCUT2D eigenvalue weighted by molar-refractivity contribution is 5.95. The normalized spacial score (nSPS) is 22.1. The van der Waals surface area contributed by atoms with Gasteiger partial charge in [-0.2, -0.15) is 0 Å². The number of hydrogen-bond donors (Lipinski definition) is 4. The molecule has 2 fully saturated rings. The minimum atomic E-state index is -1.14. The number of aromatic nitrogens is 1. The molecule has 2 saturated heterocycles. The van der Waals surface area contributed by atoms with Gasteiger partial charge < -0.3 is 30.9 Å². The van der Waals surface area contributed by atoms with Gasteiger partial charge in [0.1, 0.15) is 18.1 Å². The van der Waals surface area contributed by atoms with Crippen molar-refractivity contribution in [2.45, 2.75) is 76.5 Å². The van der Waals surface area contributed by atoms with Crippen molar-refractivity contribution in [3.63, 3.8) is 0 Å². The van der Waals surface area contributed by atoms with E-state index in [1.807, 2.05) is 38.1 Å². The van der Waals surface area contributed by atoms with Crippen LogP contribution in [0.1, 0.15) is 51.5 Å². The van der Waals surface area contributed by atoms with Gasteiger partial charge in [0.25, 0.3) is 0 Å². The zero-order valence-corrected chi connectivity index (χ0v) is 21.5. The highest BCUT2D eigenvalue weighted by Gasteiger charge is 2.43. The number of carboxylic acid groups (broad SMARTS) is 1. The molecule has 3 amide bonds. The van der Waals surface area contributed by atoms with Gasteiger partial charge in [-0.25, -0.2) is 4.79 Å². The van der Waals surface area contributed by atoms with Crippen molar-refractivity contribution >= 4 is 34.6 Å². The maximum atomic E-state index is 13.6. The number of nitrogens with two attached hydrogens (primary N) is 1. The predicted molar refractivity (Wildman–Crippen MR) is 138 cm³/mol. The molecule has 3 heterocycles. The van der Waals surface area contributed by atoms with Crippen molar-refractivity contribution in [1.82, 2.24) is 20.1 Å².